The van der Waals surface area contributed by atoms with Crippen LogP contribution in [0.4, 0.5) is 10.1 Å². The lowest BCUT2D eigenvalue weighted by Crippen LogP contribution is -2.02. The molecule has 2 aromatic rings. The summed E-state index contributed by atoms with van der Waals surface area (Å²) in [5.74, 6) is -0.253. The van der Waals surface area contributed by atoms with Crippen molar-refractivity contribution in [3.8, 4) is 0 Å². The first-order chi connectivity index (χ1) is 9.10. The summed E-state index contributed by atoms with van der Waals surface area (Å²) in [5, 5.41) is 3.55. The van der Waals surface area contributed by atoms with E-state index >= 15 is 0 Å². The lowest BCUT2D eigenvalue weighted by molar-refractivity contribution is 0.112. The number of carbonyl (C=O) groups is 1. The van der Waals surface area contributed by atoms with Gasteiger partial charge < -0.3 is 5.32 Å². The molecule has 0 fully saturated rings. The highest BCUT2D eigenvalue weighted by Gasteiger charge is 2.03. The highest BCUT2D eigenvalue weighted by atomic mass is 35.5. The molecule has 0 unspecified atom stereocenters. The predicted octanol–water partition coefficient (Wildman–Crippen LogP) is 4.21. The van der Waals surface area contributed by atoms with Crippen molar-refractivity contribution < 1.29 is 9.18 Å². The van der Waals surface area contributed by atoms with Gasteiger partial charge in [-0.1, -0.05) is 17.7 Å². The molecule has 0 aliphatic heterocycles. The van der Waals surface area contributed by atoms with E-state index in [9.17, 15) is 9.18 Å². The van der Waals surface area contributed by atoms with Crippen LogP contribution in [0.3, 0.4) is 0 Å². The van der Waals surface area contributed by atoms with E-state index in [1.807, 2.05) is 6.92 Å². The van der Waals surface area contributed by atoms with E-state index < -0.39 is 0 Å². The molecule has 0 amide bonds. The minimum Gasteiger partial charge on any atom is -0.381 e. The van der Waals surface area contributed by atoms with Crippen LogP contribution in [0.2, 0.25) is 5.02 Å². The summed E-state index contributed by atoms with van der Waals surface area (Å²) in [4.78, 5) is 10.7. The van der Waals surface area contributed by atoms with E-state index in [1.54, 1.807) is 24.3 Å². The van der Waals surface area contributed by atoms with Crippen molar-refractivity contribution in [1.82, 2.24) is 0 Å². The fourth-order valence-electron chi connectivity index (χ4n) is 1.76. The summed E-state index contributed by atoms with van der Waals surface area (Å²) in [7, 11) is 0. The Morgan fingerprint density at radius 3 is 2.74 bits per heavy atom. The molecule has 0 aromatic heterocycles. The number of hydrogen-bond acceptors (Lipinski definition) is 2. The van der Waals surface area contributed by atoms with Gasteiger partial charge in [-0.3, -0.25) is 4.79 Å². The topological polar surface area (TPSA) is 29.1 Å². The van der Waals surface area contributed by atoms with Gasteiger partial charge in [0, 0.05) is 17.8 Å². The number of nitrogens with one attached hydrogen (secondary N) is 1. The quantitative estimate of drug-likeness (QED) is 0.848. The van der Waals surface area contributed by atoms with Crippen molar-refractivity contribution >= 4 is 23.6 Å². The molecule has 0 atom stereocenters. The van der Waals surface area contributed by atoms with Gasteiger partial charge in [-0.15, -0.1) is 0 Å². The van der Waals surface area contributed by atoms with Crippen LogP contribution < -0.4 is 5.32 Å². The highest BCUT2D eigenvalue weighted by Crippen LogP contribution is 2.20. The molecule has 2 nitrogen and oxygen atoms in total. The van der Waals surface area contributed by atoms with E-state index in [4.69, 9.17) is 11.6 Å². The second kappa shape index (κ2) is 5.85. The molecule has 0 saturated carbocycles. The maximum Gasteiger partial charge on any atom is 0.151 e. The molecule has 1 N–H and O–H groups in total. The zero-order valence-electron chi connectivity index (χ0n) is 10.4. The molecule has 98 valence electrons. The van der Waals surface area contributed by atoms with Crippen molar-refractivity contribution in [2.24, 2.45) is 0 Å². The summed E-state index contributed by atoms with van der Waals surface area (Å²) in [6, 6.07) is 9.79. The van der Waals surface area contributed by atoms with Crippen LogP contribution >= 0.6 is 11.6 Å². The van der Waals surface area contributed by atoms with Crippen LogP contribution in [0, 0.1) is 12.7 Å². The van der Waals surface area contributed by atoms with Crippen LogP contribution in [0.15, 0.2) is 36.4 Å². The van der Waals surface area contributed by atoms with Gasteiger partial charge in [0.1, 0.15) is 5.82 Å². The summed E-state index contributed by atoms with van der Waals surface area (Å²) < 4.78 is 13.1. The molecule has 0 aliphatic carbocycles. The minimum absolute atomic E-state index is 0.253. The number of benzene rings is 2. The minimum atomic E-state index is -0.253. The van der Waals surface area contributed by atoms with Gasteiger partial charge in [0.2, 0.25) is 0 Å². The Kier molecular flexibility index (Phi) is 4.17. The van der Waals surface area contributed by atoms with Gasteiger partial charge in [-0.05, 0) is 48.4 Å². The van der Waals surface area contributed by atoms with Gasteiger partial charge in [-0.25, -0.2) is 4.39 Å². The number of aryl methyl sites for hydroxylation is 1. The van der Waals surface area contributed by atoms with Gasteiger partial charge in [0.15, 0.2) is 6.29 Å². The van der Waals surface area contributed by atoms with Crippen LogP contribution in [-0.4, -0.2) is 6.29 Å². The van der Waals surface area contributed by atoms with Crippen molar-refractivity contribution in [3.05, 3.63) is 63.9 Å². The molecule has 19 heavy (non-hydrogen) atoms. The Morgan fingerprint density at radius 1 is 1.26 bits per heavy atom. The lowest BCUT2D eigenvalue weighted by atomic mass is 10.1. The summed E-state index contributed by atoms with van der Waals surface area (Å²) in [6.07, 6.45) is 0.711. The summed E-state index contributed by atoms with van der Waals surface area (Å²) in [6.45, 7) is 2.43. The predicted molar refractivity (Wildman–Crippen MR) is 75.3 cm³/mol. The summed E-state index contributed by atoms with van der Waals surface area (Å²) >= 11 is 5.94. The van der Waals surface area contributed by atoms with Crippen LogP contribution in [0.25, 0.3) is 0 Å². The van der Waals surface area contributed by atoms with Gasteiger partial charge in [0.05, 0.1) is 5.02 Å². The lowest BCUT2D eigenvalue weighted by Gasteiger charge is -2.10. The molecular weight excluding hydrogens is 265 g/mol. The van der Waals surface area contributed by atoms with E-state index in [0.29, 0.717) is 23.4 Å². The SMILES string of the molecule is Cc1ccc(F)cc1CNc1ccc(C=O)c(Cl)c1. The molecule has 0 aliphatic rings. The molecule has 0 heterocycles. The normalized spacial score (nSPS) is 10.3. The molecule has 0 bridgehead atoms. The molecule has 2 rings (SSSR count). The van der Waals surface area contributed by atoms with E-state index in [2.05, 4.69) is 5.32 Å². The first-order valence-electron chi connectivity index (χ1n) is 5.84. The van der Waals surface area contributed by atoms with E-state index in [0.717, 1.165) is 16.8 Å². The molecule has 0 radical (unpaired) electrons. The first kappa shape index (κ1) is 13.6. The Hall–Kier alpha value is -1.87. The van der Waals surface area contributed by atoms with Crippen molar-refractivity contribution in [2.75, 3.05) is 5.32 Å². The van der Waals surface area contributed by atoms with Crippen molar-refractivity contribution in [3.63, 3.8) is 0 Å². The highest BCUT2D eigenvalue weighted by molar-refractivity contribution is 6.33. The monoisotopic (exact) mass is 277 g/mol. The largest absolute Gasteiger partial charge is 0.381 e. The second-order valence-corrected chi connectivity index (χ2v) is 4.69. The third-order valence-corrected chi connectivity index (χ3v) is 3.25. The Bertz CT molecular complexity index is 613. The van der Waals surface area contributed by atoms with Crippen LogP contribution in [0.1, 0.15) is 21.5 Å². The number of rotatable bonds is 4. The number of halogens is 2. The molecule has 0 saturated heterocycles. The number of hydrogen-bond donors (Lipinski definition) is 1. The molecule has 2 aromatic carbocycles. The Labute approximate surface area is 116 Å². The maximum absolute atomic E-state index is 13.1. The first-order valence-corrected chi connectivity index (χ1v) is 6.21. The smallest absolute Gasteiger partial charge is 0.151 e. The fraction of sp³-hybridized carbons (Fsp3) is 0.133. The van der Waals surface area contributed by atoms with E-state index in [1.165, 1.54) is 12.1 Å². The van der Waals surface area contributed by atoms with Crippen molar-refractivity contribution in [1.29, 1.82) is 0 Å². The third kappa shape index (κ3) is 3.32. The average Bonchev–Trinajstić information content (AvgIpc) is 2.40. The standard InChI is InChI=1S/C15H13ClFNO/c1-10-2-4-13(17)6-12(10)8-18-14-5-3-11(9-19)15(16)7-14/h2-7,9,18H,8H2,1H3. The summed E-state index contributed by atoms with van der Waals surface area (Å²) in [5.41, 5.74) is 3.15. The molecule has 0 spiro atoms. The van der Waals surface area contributed by atoms with E-state index in [-0.39, 0.29) is 5.82 Å². The number of aldehydes is 1. The number of carbonyl (C=O) groups excluding carboxylic acids is 1. The van der Waals surface area contributed by atoms with Crippen LogP contribution in [-0.2, 0) is 6.54 Å². The third-order valence-electron chi connectivity index (χ3n) is 2.92. The zero-order chi connectivity index (χ0) is 13.8. The Balaban J connectivity index is 2.12. The van der Waals surface area contributed by atoms with Gasteiger partial charge in [0.25, 0.3) is 0 Å². The van der Waals surface area contributed by atoms with Crippen LogP contribution in [0.5, 0.6) is 0 Å². The average molecular weight is 278 g/mol. The maximum atomic E-state index is 13.1. The van der Waals surface area contributed by atoms with Gasteiger partial charge >= 0.3 is 0 Å². The Morgan fingerprint density at radius 2 is 2.05 bits per heavy atom. The fourth-order valence-corrected chi connectivity index (χ4v) is 1.99. The number of anilines is 1. The molecular formula is C15H13ClFNO. The molecule has 4 heteroatoms. The second-order valence-electron chi connectivity index (χ2n) is 4.28. The van der Waals surface area contributed by atoms with Crippen molar-refractivity contribution in [2.45, 2.75) is 13.5 Å². The zero-order valence-corrected chi connectivity index (χ0v) is 11.2. The van der Waals surface area contributed by atoms with Gasteiger partial charge in [-0.2, -0.15) is 0 Å².